The molecule has 1 aromatic carbocycles. The van der Waals surface area contributed by atoms with Crippen LogP contribution in [0.1, 0.15) is 75.9 Å². The third-order valence-corrected chi connectivity index (χ3v) is 9.21. The van der Waals surface area contributed by atoms with Crippen LogP contribution < -0.4 is 10.6 Å². The Morgan fingerprint density at radius 1 is 1.10 bits per heavy atom. The Kier molecular flexibility index (Phi) is 9.75. The average Bonchev–Trinajstić information content (AvgIpc) is 3.69. The second-order valence-electron chi connectivity index (χ2n) is 9.87. The summed E-state index contributed by atoms with van der Waals surface area (Å²) >= 11 is 2.74. The summed E-state index contributed by atoms with van der Waals surface area (Å²) in [6.07, 6.45) is 6.35. The lowest BCUT2D eigenvalue weighted by molar-refractivity contribution is -0.115. The van der Waals surface area contributed by atoms with Crippen molar-refractivity contribution in [2.24, 2.45) is 0 Å². The number of hydrogen-bond donors (Lipinski definition) is 2. The molecule has 0 spiro atoms. The van der Waals surface area contributed by atoms with Gasteiger partial charge in [0.1, 0.15) is 5.00 Å². The standard InChI is InChI=1S/C30H33N5O5S2/c1-3-39-29(38)25-21-13-8-5-9-15-23(21)42-28(25)32-26(36)19(2)41-30-34-33-24(17-31-27(37)22-14-10-16-40-22)35(30)18-20-11-6-4-7-12-20/h4,6-7,10-12,14,16,19H,3,5,8-9,13,15,17-18H2,1-2H3,(H,31,37)(H,32,36)/t19-/m1/s1. The molecule has 1 aliphatic carbocycles. The van der Waals surface area contributed by atoms with Crippen molar-refractivity contribution >= 4 is 45.9 Å². The zero-order valence-corrected chi connectivity index (χ0v) is 25.2. The summed E-state index contributed by atoms with van der Waals surface area (Å²) in [6, 6.07) is 13.1. The number of rotatable bonds is 11. The third-order valence-electron chi connectivity index (χ3n) is 6.92. The van der Waals surface area contributed by atoms with E-state index < -0.39 is 11.2 Å². The van der Waals surface area contributed by atoms with Crippen molar-refractivity contribution in [3.8, 4) is 0 Å². The molecule has 3 aromatic heterocycles. The van der Waals surface area contributed by atoms with Gasteiger partial charge in [0, 0.05) is 4.88 Å². The van der Waals surface area contributed by atoms with Gasteiger partial charge in [-0.05, 0) is 62.8 Å². The number of aromatic nitrogens is 3. The first-order chi connectivity index (χ1) is 20.4. The van der Waals surface area contributed by atoms with Gasteiger partial charge in [-0.2, -0.15) is 0 Å². The largest absolute Gasteiger partial charge is 0.462 e. The molecule has 4 aromatic rings. The molecule has 2 N–H and O–H groups in total. The van der Waals surface area contributed by atoms with Crippen molar-refractivity contribution in [1.29, 1.82) is 0 Å². The average molecular weight is 608 g/mol. The number of hydrogen-bond acceptors (Lipinski definition) is 9. The van der Waals surface area contributed by atoms with Crippen molar-refractivity contribution in [3.63, 3.8) is 0 Å². The van der Waals surface area contributed by atoms with Gasteiger partial charge < -0.3 is 24.4 Å². The van der Waals surface area contributed by atoms with Crippen LogP contribution in [0.2, 0.25) is 0 Å². The van der Waals surface area contributed by atoms with Gasteiger partial charge >= 0.3 is 5.97 Å². The Morgan fingerprint density at radius 2 is 1.90 bits per heavy atom. The third kappa shape index (κ3) is 6.93. The maximum Gasteiger partial charge on any atom is 0.341 e. The SMILES string of the molecule is CCOC(=O)c1c(NC(=O)[C@@H](C)Sc2nnc(CNC(=O)c3ccco3)n2Cc2ccccc2)sc2c1CCCCC2. The molecular formula is C30H33N5O5S2. The molecule has 0 radical (unpaired) electrons. The van der Waals surface area contributed by atoms with Crippen LogP contribution in [0, 0.1) is 0 Å². The number of nitrogens with one attached hydrogen (secondary N) is 2. The summed E-state index contributed by atoms with van der Waals surface area (Å²) in [5, 5.41) is 15.1. The number of carbonyl (C=O) groups excluding carboxylic acids is 3. The van der Waals surface area contributed by atoms with Crippen molar-refractivity contribution in [2.75, 3.05) is 11.9 Å². The number of furan rings is 1. The van der Waals surface area contributed by atoms with E-state index in [-0.39, 0.29) is 30.7 Å². The van der Waals surface area contributed by atoms with Crippen LogP contribution in [0.3, 0.4) is 0 Å². The van der Waals surface area contributed by atoms with Gasteiger partial charge in [-0.15, -0.1) is 21.5 Å². The van der Waals surface area contributed by atoms with Crippen LogP contribution in [-0.4, -0.2) is 44.4 Å². The van der Waals surface area contributed by atoms with Crippen molar-refractivity contribution < 1.29 is 23.5 Å². The summed E-state index contributed by atoms with van der Waals surface area (Å²) in [6.45, 7) is 4.43. The molecule has 1 aliphatic rings. The minimum atomic E-state index is -0.550. The molecule has 0 bridgehead atoms. The smallest absolute Gasteiger partial charge is 0.341 e. The number of benzene rings is 1. The summed E-state index contributed by atoms with van der Waals surface area (Å²) < 4.78 is 12.4. The molecule has 0 saturated heterocycles. The Bertz CT molecular complexity index is 1530. The van der Waals surface area contributed by atoms with Crippen LogP contribution in [0.15, 0.2) is 58.3 Å². The van der Waals surface area contributed by atoms with Crippen LogP contribution >= 0.6 is 23.1 Å². The van der Waals surface area contributed by atoms with Crippen LogP contribution in [0.25, 0.3) is 0 Å². The van der Waals surface area contributed by atoms with Gasteiger partial charge in [0.15, 0.2) is 16.7 Å². The van der Waals surface area contributed by atoms with E-state index in [0.29, 0.717) is 28.1 Å². The highest BCUT2D eigenvalue weighted by Gasteiger charge is 2.28. The number of ether oxygens (including phenoxy) is 1. The number of esters is 1. The highest BCUT2D eigenvalue weighted by Crippen LogP contribution is 2.38. The van der Waals surface area contributed by atoms with E-state index in [4.69, 9.17) is 9.15 Å². The monoisotopic (exact) mass is 607 g/mol. The first-order valence-electron chi connectivity index (χ1n) is 14.0. The number of fused-ring (bicyclic) bond motifs is 1. The van der Waals surface area contributed by atoms with E-state index in [1.54, 1.807) is 26.0 Å². The number of nitrogens with zero attached hydrogens (tertiary/aromatic N) is 3. The minimum Gasteiger partial charge on any atom is -0.462 e. The molecular weight excluding hydrogens is 574 g/mol. The second kappa shape index (κ2) is 13.8. The lowest BCUT2D eigenvalue weighted by Crippen LogP contribution is -2.25. The van der Waals surface area contributed by atoms with E-state index in [0.717, 1.165) is 48.1 Å². The molecule has 0 saturated carbocycles. The van der Waals surface area contributed by atoms with Gasteiger partial charge in [0.05, 0.1) is 36.8 Å². The Balaban J connectivity index is 1.34. The summed E-state index contributed by atoms with van der Waals surface area (Å²) in [5.41, 5.74) is 2.52. The molecule has 1 atom stereocenters. The molecule has 10 nitrogen and oxygen atoms in total. The molecule has 42 heavy (non-hydrogen) atoms. The maximum absolute atomic E-state index is 13.5. The van der Waals surface area contributed by atoms with Crippen molar-refractivity contribution in [1.82, 2.24) is 20.1 Å². The van der Waals surface area contributed by atoms with Gasteiger partial charge in [-0.3, -0.25) is 9.59 Å². The highest BCUT2D eigenvalue weighted by atomic mass is 32.2. The number of aryl methyl sites for hydroxylation is 1. The second-order valence-corrected chi connectivity index (χ2v) is 12.3. The van der Waals surface area contributed by atoms with E-state index in [1.165, 1.54) is 29.4 Å². The molecule has 2 amide bonds. The quantitative estimate of drug-likeness (QED) is 0.130. The van der Waals surface area contributed by atoms with Crippen LogP contribution in [-0.2, 0) is 35.5 Å². The summed E-state index contributed by atoms with van der Waals surface area (Å²) in [4.78, 5) is 40.0. The lowest BCUT2D eigenvalue weighted by atomic mass is 10.1. The number of thiophene rings is 1. The molecule has 220 valence electrons. The van der Waals surface area contributed by atoms with E-state index in [2.05, 4.69) is 20.8 Å². The van der Waals surface area contributed by atoms with E-state index >= 15 is 0 Å². The Labute approximate surface area is 252 Å². The number of anilines is 1. The summed E-state index contributed by atoms with van der Waals surface area (Å²) in [5.74, 6) is -0.249. The van der Waals surface area contributed by atoms with E-state index in [9.17, 15) is 14.4 Å². The summed E-state index contributed by atoms with van der Waals surface area (Å²) in [7, 11) is 0. The van der Waals surface area contributed by atoms with Crippen LogP contribution in [0.4, 0.5) is 5.00 Å². The van der Waals surface area contributed by atoms with E-state index in [1.807, 2.05) is 34.9 Å². The molecule has 0 unspecified atom stereocenters. The Hall–Kier alpha value is -3.90. The fraction of sp³-hybridized carbons (Fsp3) is 0.367. The van der Waals surface area contributed by atoms with Gasteiger partial charge in [-0.1, -0.05) is 48.5 Å². The molecule has 3 heterocycles. The Morgan fingerprint density at radius 3 is 2.67 bits per heavy atom. The minimum absolute atomic E-state index is 0.129. The normalized spacial score (nSPS) is 13.6. The van der Waals surface area contributed by atoms with Gasteiger partial charge in [0.25, 0.3) is 5.91 Å². The molecule has 12 heteroatoms. The van der Waals surface area contributed by atoms with Crippen LogP contribution in [0.5, 0.6) is 0 Å². The zero-order chi connectivity index (χ0) is 29.5. The fourth-order valence-electron chi connectivity index (χ4n) is 4.79. The topological polar surface area (TPSA) is 128 Å². The molecule has 5 rings (SSSR count). The first kappa shape index (κ1) is 29.6. The number of amides is 2. The zero-order valence-electron chi connectivity index (χ0n) is 23.6. The molecule has 0 aliphatic heterocycles. The number of thioether (sulfide) groups is 1. The highest BCUT2D eigenvalue weighted by molar-refractivity contribution is 8.00. The number of carbonyl (C=O) groups is 3. The molecule has 0 fully saturated rings. The first-order valence-corrected chi connectivity index (χ1v) is 15.7. The maximum atomic E-state index is 13.5. The van der Waals surface area contributed by atoms with Crippen molar-refractivity contribution in [3.05, 3.63) is 81.9 Å². The predicted octanol–water partition coefficient (Wildman–Crippen LogP) is 5.48. The van der Waals surface area contributed by atoms with Gasteiger partial charge in [0.2, 0.25) is 5.91 Å². The predicted molar refractivity (Wildman–Crippen MR) is 161 cm³/mol. The van der Waals surface area contributed by atoms with Crippen molar-refractivity contribution in [2.45, 2.75) is 69.4 Å². The fourth-order valence-corrected chi connectivity index (χ4v) is 6.94. The van der Waals surface area contributed by atoms with Gasteiger partial charge in [-0.25, -0.2) is 4.79 Å². The lowest BCUT2D eigenvalue weighted by Gasteiger charge is -2.14.